The smallest absolute Gasteiger partial charge is 0.388 e. The second-order valence-electron chi connectivity index (χ2n) is 5.39. The second kappa shape index (κ2) is 4.85. The van der Waals surface area contributed by atoms with Crippen LogP contribution in [0.15, 0.2) is 23.1 Å². The average molecular weight is 324 g/mol. The van der Waals surface area contributed by atoms with Gasteiger partial charge in [0.1, 0.15) is 0 Å². The fourth-order valence-corrected chi connectivity index (χ4v) is 2.89. The Kier molecular flexibility index (Phi) is 3.71. The van der Waals surface area contributed by atoms with Crippen LogP contribution in [0.3, 0.4) is 0 Å². The quantitative estimate of drug-likeness (QED) is 0.859. The van der Waals surface area contributed by atoms with Gasteiger partial charge in [-0.3, -0.25) is 0 Å². The van der Waals surface area contributed by atoms with E-state index in [0.29, 0.717) is 12.5 Å². The minimum atomic E-state index is -4.72. The first kappa shape index (κ1) is 16.1. The molecule has 0 saturated carbocycles. The molecule has 0 spiro atoms. The summed E-state index contributed by atoms with van der Waals surface area (Å²) in [6.07, 6.45) is -4.38. The van der Waals surface area contributed by atoms with Gasteiger partial charge < -0.3 is 10.0 Å². The number of nitrogens with two attached hydrogens (primary N) is 1. The third-order valence-corrected chi connectivity index (χ3v) is 4.31. The zero-order chi connectivity index (χ0) is 16.1. The number of anilines is 1. The number of halogens is 3. The molecular weight excluding hydrogens is 309 g/mol. The molecule has 1 aromatic rings. The molecule has 1 unspecified atom stereocenters. The molecule has 1 fully saturated rings. The third kappa shape index (κ3) is 3.47. The van der Waals surface area contributed by atoms with Gasteiger partial charge in [0.15, 0.2) is 0 Å². The number of hydrogen-bond acceptors (Lipinski definition) is 4. The standard InChI is InChI=1S/C12H15F3N2O3S/c1-11(18)4-5-17(7-11)10-3-2-8(21(16,19)20)6-9(10)12(13,14)15/h2-3,6,18H,4-5,7H2,1H3,(H2,16,19,20). The summed E-state index contributed by atoms with van der Waals surface area (Å²) in [5.41, 5.74) is -2.30. The molecule has 1 heterocycles. The molecule has 1 saturated heterocycles. The van der Waals surface area contributed by atoms with E-state index in [2.05, 4.69) is 0 Å². The number of sulfonamides is 1. The van der Waals surface area contributed by atoms with E-state index in [0.717, 1.165) is 12.1 Å². The predicted molar refractivity (Wildman–Crippen MR) is 70.3 cm³/mol. The minimum Gasteiger partial charge on any atom is -0.388 e. The Bertz CT molecular complexity index is 656. The number of aliphatic hydroxyl groups is 1. The molecule has 0 amide bonds. The highest BCUT2D eigenvalue weighted by atomic mass is 32.2. The van der Waals surface area contributed by atoms with Crippen molar-refractivity contribution in [2.75, 3.05) is 18.0 Å². The molecule has 118 valence electrons. The van der Waals surface area contributed by atoms with Crippen molar-refractivity contribution in [1.29, 1.82) is 0 Å². The van der Waals surface area contributed by atoms with E-state index in [1.54, 1.807) is 6.92 Å². The molecule has 1 aliphatic heterocycles. The lowest BCUT2D eigenvalue weighted by atomic mass is 10.1. The first-order valence-electron chi connectivity index (χ1n) is 6.11. The third-order valence-electron chi connectivity index (χ3n) is 3.39. The Labute approximate surface area is 120 Å². The van der Waals surface area contributed by atoms with Crippen LogP contribution >= 0.6 is 0 Å². The van der Waals surface area contributed by atoms with Gasteiger partial charge in [-0.25, -0.2) is 13.6 Å². The zero-order valence-corrected chi connectivity index (χ0v) is 12.0. The normalized spacial score (nSPS) is 23.6. The van der Waals surface area contributed by atoms with Crippen molar-refractivity contribution in [3.63, 3.8) is 0 Å². The Morgan fingerprint density at radius 1 is 1.38 bits per heavy atom. The molecule has 21 heavy (non-hydrogen) atoms. The van der Waals surface area contributed by atoms with Crippen LogP contribution in [0, 0.1) is 0 Å². The Morgan fingerprint density at radius 3 is 2.43 bits per heavy atom. The summed E-state index contributed by atoms with van der Waals surface area (Å²) in [7, 11) is -4.22. The number of benzene rings is 1. The van der Waals surface area contributed by atoms with E-state index in [1.165, 1.54) is 4.90 Å². The lowest BCUT2D eigenvalue weighted by Gasteiger charge is -2.24. The van der Waals surface area contributed by atoms with Gasteiger partial charge in [-0.2, -0.15) is 13.2 Å². The summed E-state index contributed by atoms with van der Waals surface area (Å²) < 4.78 is 61.8. The van der Waals surface area contributed by atoms with Gasteiger partial charge in [-0.15, -0.1) is 0 Å². The van der Waals surface area contributed by atoms with Crippen molar-refractivity contribution in [2.45, 2.75) is 30.0 Å². The highest BCUT2D eigenvalue weighted by Gasteiger charge is 2.39. The van der Waals surface area contributed by atoms with Crippen molar-refractivity contribution in [3.05, 3.63) is 23.8 Å². The van der Waals surface area contributed by atoms with E-state index >= 15 is 0 Å². The molecule has 2 rings (SSSR count). The molecule has 0 aliphatic carbocycles. The van der Waals surface area contributed by atoms with Crippen molar-refractivity contribution in [2.24, 2.45) is 5.14 Å². The van der Waals surface area contributed by atoms with Gasteiger partial charge in [0.05, 0.1) is 16.1 Å². The number of alkyl halides is 3. The van der Waals surface area contributed by atoms with Gasteiger partial charge in [-0.1, -0.05) is 0 Å². The summed E-state index contributed by atoms with van der Waals surface area (Å²) in [5.74, 6) is 0. The van der Waals surface area contributed by atoms with Crippen LogP contribution in [0.25, 0.3) is 0 Å². The Balaban J connectivity index is 2.52. The molecule has 0 aromatic heterocycles. The summed E-state index contributed by atoms with van der Waals surface area (Å²) in [5, 5.41) is 14.7. The summed E-state index contributed by atoms with van der Waals surface area (Å²) in [4.78, 5) is 0.792. The van der Waals surface area contributed by atoms with Gasteiger partial charge >= 0.3 is 6.18 Å². The van der Waals surface area contributed by atoms with Gasteiger partial charge in [-0.05, 0) is 31.5 Å². The van der Waals surface area contributed by atoms with Crippen LogP contribution in [-0.4, -0.2) is 32.2 Å². The Hall–Kier alpha value is -1.32. The maximum absolute atomic E-state index is 13.1. The minimum absolute atomic E-state index is 0.0464. The average Bonchev–Trinajstić information content (AvgIpc) is 2.66. The van der Waals surface area contributed by atoms with Crippen molar-refractivity contribution in [3.8, 4) is 0 Å². The van der Waals surface area contributed by atoms with Crippen molar-refractivity contribution < 1.29 is 26.7 Å². The van der Waals surface area contributed by atoms with Crippen LogP contribution in [0.5, 0.6) is 0 Å². The number of rotatable bonds is 2. The van der Waals surface area contributed by atoms with E-state index in [4.69, 9.17) is 5.14 Å². The van der Waals surface area contributed by atoms with Crippen LogP contribution in [-0.2, 0) is 16.2 Å². The predicted octanol–water partition coefficient (Wildman–Crippen LogP) is 1.31. The SMILES string of the molecule is CC1(O)CCN(c2ccc(S(N)(=O)=O)cc2C(F)(F)F)C1. The summed E-state index contributed by atoms with van der Waals surface area (Å²) in [6, 6.07) is 2.63. The summed E-state index contributed by atoms with van der Waals surface area (Å²) in [6.45, 7) is 1.84. The number of primary sulfonamides is 1. The lowest BCUT2D eigenvalue weighted by Crippen LogP contribution is -2.31. The van der Waals surface area contributed by atoms with E-state index in [9.17, 15) is 26.7 Å². The topological polar surface area (TPSA) is 83.6 Å². The first-order valence-corrected chi connectivity index (χ1v) is 7.66. The fourth-order valence-electron chi connectivity index (χ4n) is 2.35. The van der Waals surface area contributed by atoms with E-state index in [1.807, 2.05) is 0 Å². The fraction of sp³-hybridized carbons (Fsp3) is 0.500. The number of β-amino-alcohol motifs (C(OH)–C–C–N with tert-alkyl or cyclic N) is 1. The highest BCUT2D eigenvalue weighted by Crippen LogP contribution is 2.39. The van der Waals surface area contributed by atoms with E-state index in [-0.39, 0.29) is 18.8 Å². The first-order chi connectivity index (χ1) is 9.40. The maximum Gasteiger partial charge on any atom is 0.418 e. The monoisotopic (exact) mass is 324 g/mol. The Morgan fingerprint density at radius 2 is 2.00 bits per heavy atom. The largest absolute Gasteiger partial charge is 0.418 e. The van der Waals surface area contributed by atoms with Gasteiger partial charge in [0.2, 0.25) is 10.0 Å². The molecule has 9 heteroatoms. The number of nitrogens with zero attached hydrogens (tertiary/aromatic N) is 1. The molecule has 5 nitrogen and oxygen atoms in total. The molecule has 1 aromatic carbocycles. The molecule has 0 radical (unpaired) electrons. The van der Waals surface area contributed by atoms with Gasteiger partial charge in [0.25, 0.3) is 0 Å². The molecule has 3 N–H and O–H groups in total. The lowest BCUT2D eigenvalue weighted by molar-refractivity contribution is -0.137. The number of hydrogen-bond donors (Lipinski definition) is 2. The molecule has 1 atom stereocenters. The molecule has 1 aliphatic rings. The molecular formula is C12H15F3N2O3S. The van der Waals surface area contributed by atoms with Crippen molar-refractivity contribution >= 4 is 15.7 Å². The van der Waals surface area contributed by atoms with Crippen molar-refractivity contribution in [1.82, 2.24) is 0 Å². The van der Waals surface area contributed by atoms with Crippen LogP contribution in [0.1, 0.15) is 18.9 Å². The van der Waals surface area contributed by atoms with Crippen LogP contribution < -0.4 is 10.0 Å². The maximum atomic E-state index is 13.1. The summed E-state index contributed by atoms with van der Waals surface area (Å²) >= 11 is 0. The molecule has 0 bridgehead atoms. The van der Waals surface area contributed by atoms with Gasteiger partial charge in [0, 0.05) is 18.8 Å². The highest BCUT2D eigenvalue weighted by molar-refractivity contribution is 7.89. The second-order valence-corrected chi connectivity index (χ2v) is 6.95. The van der Waals surface area contributed by atoms with E-state index < -0.39 is 32.3 Å². The zero-order valence-electron chi connectivity index (χ0n) is 11.2. The van der Waals surface area contributed by atoms with Crippen LogP contribution in [0.2, 0.25) is 0 Å². The van der Waals surface area contributed by atoms with Crippen LogP contribution in [0.4, 0.5) is 18.9 Å².